The zero-order chi connectivity index (χ0) is 9.68. The molecule has 0 radical (unpaired) electrons. The lowest BCUT2D eigenvalue weighted by Gasteiger charge is -2.08. The quantitative estimate of drug-likeness (QED) is 0.745. The molecule has 1 heteroatoms. The summed E-state index contributed by atoms with van der Waals surface area (Å²) in [7, 11) is 1.97. The second-order valence-electron chi connectivity index (χ2n) is 3.18. The summed E-state index contributed by atoms with van der Waals surface area (Å²) < 4.78 is 0. The summed E-state index contributed by atoms with van der Waals surface area (Å²) in [6, 6.07) is 6.42. The van der Waals surface area contributed by atoms with Crippen LogP contribution in [0.4, 0.5) is 0 Å². The van der Waals surface area contributed by atoms with Gasteiger partial charge in [0.2, 0.25) is 0 Å². The molecule has 0 aliphatic rings. The van der Waals surface area contributed by atoms with Crippen LogP contribution in [0.15, 0.2) is 24.3 Å². The van der Waals surface area contributed by atoms with Gasteiger partial charge in [0, 0.05) is 6.54 Å². The van der Waals surface area contributed by atoms with Gasteiger partial charge in [-0.3, -0.25) is 0 Å². The maximum atomic E-state index is 3.18. The topological polar surface area (TPSA) is 12.0 Å². The van der Waals surface area contributed by atoms with Crippen LogP contribution >= 0.6 is 0 Å². The van der Waals surface area contributed by atoms with Gasteiger partial charge in [0.15, 0.2) is 0 Å². The predicted octanol–water partition coefficient (Wildman–Crippen LogP) is 2.75. The lowest BCUT2D eigenvalue weighted by molar-refractivity contribution is 0.815. The van der Waals surface area contributed by atoms with Crippen LogP contribution in [0, 0.1) is 6.92 Å². The van der Waals surface area contributed by atoms with Crippen LogP contribution in [0.1, 0.15) is 23.6 Å². The van der Waals surface area contributed by atoms with Gasteiger partial charge in [-0.25, -0.2) is 0 Å². The molecule has 0 spiro atoms. The molecule has 0 amide bonds. The van der Waals surface area contributed by atoms with Gasteiger partial charge in [-0.2, -0.15) is 0 Å². The van der Waals surface area contributed by atoms with Crippen LogP contribution in [0.3, 0.4) is 0 Å². The van der Waals surface area contributed by atoms with E-state index < -0.39 is 0 Å². The average molecular weight is 175 g/mol. The molecule has 0 fully saturated rings. The molecule has 0 saturated heterocycles. The normalized spacial score (nSPS) is 11.0. The van der Waals surface area contributed by atoms with Gasteiger partial charge in [0.1, 0.15) is 0 Å². The SMILES string of the molecule is C/C=C\c1c(C)cccc1CNC. The van der Waals surface area contributed by atoms with E-state index in [0.29, 0.717) is 0 Å². The van der Waals surface area contributed by atoms with Crippen molar-refractivity contribution in [3.63, 3.8) is 0 Å². The molecule has 0 bridgehead atoms. The Morgan fingerprint density at radius 3 is 2.77 bits per heavy atom. The fourth-order valence-electron chi connectivity index (χ4n) is 1.49. The predicted molar refractivity (Wildman–Crippen MR) is 58.7 cm³/mol. The van der Waals surface area contributed by atoms with Crippen LogP contribution in [0.2, 0.25) is 0 Å². The summed E-state index contributed by atoms with van der Waals surface area (Å²) in [5, 5.41) is 3.18. The standard InChI is InChI=1S/C12H17N/c1-4-6-12-10(2)7-5-8-11(12)9-13-3/h4-8,13H,9H2,1-3H3/b6-4-. The monoisotopic (exact) mass is 175 g/mol. The molecule has 0 heterocycles. The molecular weight excluding hydrogens is 158 g/mol. The van der Waals surface area contributed by atoms with Crippen LogP contribution in [0.25, 0.3) is 6.08 Å². The van der Waals surface area contributed by atoms with E-state index in [9.17, 15) is 0 Å². The summed E-state index contributed by atoms with van der Waals surface area (Å²) in [5.41, 5.74) is 4.05. The highest BCUT2D eigenvalue weighted by atomic mass is 14.8. The first kappa shape index (κ1) is 10.0. The summed E-state index contributed by atoms with van der Waals surface area (Å²) in [6.45, 7) is 5.13. The van der Waals surface area contributed by atoms with Gasteiger partial charge in [0.25, 0.3) is 0 Å². The van der Waals surface area contributed by atoms with E-state index in [2.05, 4.69) is 49.5 Å². The molecule has 0 saturated carbocycles. The molecular formula is C12H17N. The Morgan fingerprint density at radius 2 is 2.15 bits per heavy atom. The third kappa shape index (κ3) is 2.43. The molecule has 0 aromatic heterocycles. The molecule has 0 aliphatic heterocycles. The van der Waals surface area contributed by atoms with Gasteiger partial charge >= 0.3 is 0 Å². The van der Waals surface area contributed by atoms with Crippen molar-refractivity contribution in [1.82, 2.24) is 5.32 Å². The fourth-order valence-corrected chi connectivity index (χ4v) is 1.49. The highest BCUT2D eigenvalue weighted by molar-refractivity contribution is 5.57. The number of rotatable bonds is 3. The number of hydrogen-bond acceptors (Lipinski definition) is 1. The first-order valence-corrected chi connectivity index (χ1v) is 4.65. The first-order valence-electron chi connectivity index (χ1n) is 4.65. The van der Waals surface area contributed by atoms with Crippen molar-refractivity contribution in [2.24, 2.45) is 0 Å². The third-order valence-electron chi connectivity index (χ3n) is 2.11. The van der Waals surface area contributed by atoms with Crippen molar-refractivity contribution >= 4 is 6.08 Å². The average Bonchev–Trinajstić information content (AvgIpc) is 2.11. The Morgan fingerprint density at radius 1 is 1.38 bits per heavy atom. The minimum Gasteiger partial charge on any atom is -0.316 e. The summed E-state index contributed by atoms with van der Waals surface area (Å²) >= 11 is 0. The van der Waals surface area contributed by atoms with Gasteiger partial charge < -0.3 is 5.32 Å². The van der Waals surface area contributed by atoms with Crippen LogP contribution in [-0.4, -0.2) is 7.05 Å². The van der Waals surface area contributed by atoms with Crippen molar-refractivity contribution < 1.29 is 0 Å². The van der Waals surface area contributed by atoms with Gasteiger partial charge in [-0.05, 0) is 37.6 Å². The number of benzene rings is 1. The molecule has 0 atom stereocenters. The largest absolute Gasteiger partial charge is 0.316 e. The van der Waals surface area contributed by atoms with Crippen LogP contribution < -0.4 is 5.32 Å². The Bertz CT molecular complexity index is 300. The zero-order valence-corrected chi connectivity index (χ0v) is 8.59. The van der Waals surface area contributed by atoms with Crippen molar-refractivity contribution in [3.8, 4) is 0 Å². The van der Waals surface area contributed by atoms with E-state index in [0.717, 1.165) is 6.54 Å². The van der Waals surface area contributed by atoms with Gasteiger partial charge in [-0.15, -0.1) is 0 Å². The molecule has 1 aromatic carbocycles. The van der Waals surface area contributed by atoms with E-state index in [1.165, 1.54) is 16.7 Å². The molecule has 1 aromatic rings. The second kappa shape index (κ2) is 4.83. The summed E-state index contributed by atoms with van der Waals surface area (Å²) in [4.78, 5) is 0. The number of hydrogen-bond donors (Lipinski definition) is 1. The molecule has 13 heavy (non-hydrogen) atoms. The van der Waals surface area contributed by atoms with Crippen molar-refractivity contribution in [3.05, 3.63) is 41.0 Å². The Balaban J connectivity index is 3.09. The van der Waals surface area contributed by atoms with E-state index in [1.807, 2.05) is 7.05 Å². The molecule has 1 rings (SSSR count). The molecule has 0 aliphatic carbocycles. The van der Waals surface area contributed by atoms with E-state index >= 15 is 0 Å². The summed E-state index contributed by atoms with van der Waals surface area (Å²) in [6.07, 6.45) is 4.25. The van der Waals surface area contributed by atoms with Crippen molar-refractivity contribution in [2.75, 3.05) is 7.05 Å². The number of aryl methyl sites for hydroxylation is 1. The zero-order valence-electron chi connectivity index (χ0n) is 8.59. The Labute approximate surface area is 80.5 Å². The molecule has 1 nitrogen and oxygen atoms in total. The van der Waals surface area contributed by atoms with Crippen molar-refractivity contribution in [1.29, 1.82) is 0 Å². The van der Waals surface area contributed by atoms with Crippen molar-refractivity contribution in [2.45, 2.75) is 20.4 Å². The van der Waals surface area contributed by atoms with Gasteiger partial charge in [0.05, 0.1) is 0 Å². The Hall–Kier alpha value is -1.08. The van der Waals surface area contributed by atoms with Crippen LogP contribution in [0.5, 0.6) is 0 Å². The van der Waals surface area contributed by atoms with E-state index in [1.54, 1.807) is 0 Å². The smallest absolute Gasteiger partial charge is 0.0208 e. The minimum atomic E-state index is 0.932. The third-order valence-corrected chi connectivity index (χ3v) is 2.11. The molecule has 0 unspecified atom stereocenters. The maximum absolute atomic E-state index is 3.18. The molecule has 1 N–H and O–H groups in total. The summed E-state index contributed by atoms with van der Waals surface area (Å²) in [5.74, 6) is 0. The lowest BCUT2D eigenvalue weighted by atomic mass is 10.0. The molecule has 70 valence electrons. The minimum absolute atomic E-state index is 0.932. The van der Waals surface area contributed by atoms with E-state index in [4.69, 9.17) is 0 Å². The first-order chi connectivity index (χ1) is 6.29. The number of allylic oxidation sites excluding steroid dienone is 1. The fraction of sp³-hybridized carbons (Fsp3) is 0.333. The van der Waals surface area contributed by atoms with Crippen LogP contribution in [-0.2, 0) is 6.54 Å². The van der Waals surface area contributed by atoms with E-state index in [-0.39, 0.29) is 0 Å². The number of nitrogens with one attached hydrogen (secondary N) is 1. The van der Waals surface area contributed by atoms with Gasteiger partial charge in [-0.1, -0.05) is 30.4 Å². The highest BCUT2D eigenvalue weighted by Gasteiger charge is 2.00. The maximum Gasteiger partial charge on any atom is 0.0208 e. The Kier molecular flexibility index (Phi) is 3.71. The lowest BCUT2D eigenvalue weighted by Crippen LogP contribution is -2.07. The highest BCUT2D eigenvalue weighted by Crippen LogP contribution is 2.15. The second-order valence-corrected chi connectivity index (χ2v) is 3.18.